The molecule has 0 saturated heterocycles. The second-order valence-electron chi connectivity index (χ2n) is 7.22. The van der Waals surface area contributed by atoms with Crippen molar-refractivity contribution < 1.29 is 22.7 Å². The van der Waals surface area contributed by atoms with Crippen LogP contribution in [0.3, 0.4) is 0 Å². The molecule has 2 aromatic rings. The lowest BCUT2D eigenvalue weighted by atomic mass is 9.86. The van der Waals surface area contributed by atoms with Gasteiger partial charge in [0.05, 0.1) is 11.3 Å². The van der Waals surface area contributed by atoms with Crippen LogP contribution in [0.15, 0.2) is 36.4 Å². The second-order valence-corrected chi connectivity index (χ2v) is 7.22. The minimum absolute atomic E-state index is 0.0540. The third-order valence-electron chi connectivity index (χ3n) is 3.88. The summed E-state index contributed by atoms with van der Waals surface area (Å²) in [6.07, 6.45) is -4.50. The van der Waals surface area contributed by atoms with Crippen molar-refractivity contribution in [1.29, 1.82) is 0 Å². The Labute approximate surface area is 164 Å². The minimum atomic E-state index is -4.50. The summed E-state index contributed by atoms with van der Waals surface area (Å²) in [6, 6.07) is 8.55. The predicted molar refractivity (Wildman–Crippen MR) is 107 cm³/mol. The van der Waals surface area contributed by atoms with Gasteiger partial charge in [0.2, 0.25) is 5.91 Å². The van der Waals surface area contributed by atoms with Crippen LogP contribution in [0.25, 0.3) is 0 Å². The van der Waals surface area contributed by atoms with Crippen LogP contribution in [0.4, 0.5) is 18.9 Å². The van der Waals surface area contributed by atoms with Crippen molar-refractivity contribution in [2.75, 3.05) is 5.32 Å². The third kappa shape index (κ3) is 6.29. The molecular formula is C22H28F3NO2. The monoisotopic (exact) mass is 395 g/mol. The number of carbonyl (C=O) groups is 1. The van der Waals surface area contributed by atoms with E-state index in [0.29, 0.717) is 5.75 Å². The van der Waals surface area contributed by atoms with E-state index in [0.717, 1.165) is 23.3 Å². The predicted octanol–water partition coefficient (Wildman–Crippen LogP) is 7.09. The Morgan fingerprint density at radius 2 is 1.50 bits per heavy atom. The zero-order valence-electron chi connectivity index (χ0n) is 17.4. The summed E-state index contributed by atoms with van der Waals surface area (Å²) >= 11 is 0. The van der Waals surface area contributed by atoms with Crippen LogP contribution in [-0.2, 0) is 16.4 Å². The molecule has 0 spiro atoms. The van der Waals surface area contributed by atoms with Gasteiger partial charge in [-0.05, 0) is 47.7 Å². The Morgan fingerprint density at radius 1 is 0.929 bits per heavy atom. The first-order chi connectivity index (χ1) is 12.9. The highest BCUT2D eigenvalue weighted by Gasteiger charge is 2.31. The fraction of sp³-hybridized carbons (Fsp3) is 0.409. The zero-order valence-corrected chi connectivity index (χ0v) is 17.4. The first kappa shape index (κ1) is 23.5. The maximum absolute atomic E-state index is 13.0. The molecule has 1 amide bonds. The third-order valence-corrected chi connectivity index (χ3v) is 3.88. The number of benzene rings is 2. The molecule has 154 valence electrons. The van der Waals surface area contributed by atoms with Crippen molar-refractivity contribution in [3.63, 3.8) is 0 Å². The molecule has 0 heterocycles. The normalized spacial score (nSPS) is 11.4. The molecule has 28 heavy (non-hydrogen) atoms. The van der Waals surface area contributed by atoms with Gasteiger partial charge < -0.3 is 10.1 Å². The Bertz CT molecular complexity index is 822. The van der Waals surface area contributed by atoms with E-state index in [1.165, 1.54) is 13.0 Å². The van der Waals surface area contributed by atoms with Gasteiger partial charge >= 0.3 is 6.18 Å². The summed E-state index contributed by atoms with van der Waals surface area (Å²) in [4.78, 5) is 11.3. The maximum atomic E-state index is 13.0. The SMILES string of the molecule is CC.CC(=O)Nc1ccc(C(F)(F)F)cc1Oc1ccc(C(C)(C)C)cc1C. The van der Waals surface area contributed by atoms with E-state index < -0.39 is 17.6 Å². The second kappa shape index (κ2) is 9.13. The van der Waals surface area contributed by atoms with Crippen LogP contribution in [-0.4, -0.2) is 5.91 Å². The number of aryl methyl sites for hydroxylation is 1. The molecule has 0 unspecified atom stereocenters. The highest BCUT2D eigenvalue weighted by atomic mass is 19.4. The van der Waals surface area contributed by atoms with Crippen molar-refractivity contribution in [3.05, 3.63) is 53.1 Å². The summed E-state index contributed by atoms with van der Waals surface area (Å²) in [5.41, 5.74) is 1.17. The van der Waals surface area contributed by atoms with Crippen molar-refractivity contribution in [2.45, 2.75) is 60.1 Å². The number of anilines is 1. The van der Waals surface area contributed by atoms with Crippen molar-refractivity contribution in [3.8, 4) is 11.5 Å². The van der Waals surface area contributed by atoms with Crippen LogP contribution in [0, 0.1) is 6.92 Å². The molecule has 0 saturated carbocycles. The van der Waals surface area contributed by atoms with Crippen molar-refractivity contribution >= 4 is 11.6 Å². The van der Waals surface area contributed by atoms with Gasteiger partial charge in [0.15, 0.2) is 5.75 Å². The summed E-state index contributed by atoms with van der Waals surface area (Å²) in [6.45, 7) is 13.3. The Balaban J connectivity index is 0.00000190. The summed E-state index contributed by atoms with van der Waals surface area (Å²) < 4.78 is 44.8. The van der Waals surface area contributed by atoms with Gasteiger partial charge in [0.1, 0.15) is 5.75 Å². The molecule has 0 aliphatic rings. The number of rotatable bonds is 3. The summed E-state index contributed by atoms with van der Waals surface area (Å²) in [7, 11) is 0. The van der Waals surface area contributed by atoms with E-state index in [9.17, 15) is 18.0 Å². The lowest BCUT2D eigenvalue weighted by Crippen LogP contribution is -2.11. The van der Waals surface area contributed by atoms with E-state index in [2.05, 4.69) is 26.1 Å². The van der Waals surface area contributed by atoms with Crippen LogP contribution >= 0.6 is 0 Å². The number of halogens is 3. The Morgan fingerprint density at radius 3 is 1.96 bits per heavy atom. The van der Waals surface area contributed by atoms with Crippen LogP contribution < -0.4 is 10.1 Å². The molecular weight excluding hydrogens is 367 g/mol. The number of ether oxygens (including phenoxy) is 1. The van der Waals surface area contributed by atoms with Gasteiger partial charge in [0.25, 0.3) is 0 Å². The van der Waals surface area contributed by atoms with Gasteiger partial charge in [-0.15, -0.1) is 0 Å². The van der Waals surface area contributed by atoms with E-state index >= 15 is 0 Å². The minimum Gasteiger partial charge on any atom is -0.455 e. The lowest BCUT2D eigenvalue weighted by Gasteiger charge is -2.21. The molecule has 0 bridgehead atoms. The Hall–Kier alpha value is -2.50. The molecule has 0 aliphatic carbocycles. The fourth-order valence-electron chi connectivity index (χ4n) is 2.42. The smallest absolute Gasteiger partial charge is 0.416 e. The zero-order chi connectivity index (χ0) is 21.7. The lowest BCUT2D eigenvalue weighted by molar-refractivity contribution is -0.137. The highest BCUT2D eigenvalue weighted by molar-refractivity contribution is 5.90. The first-order valence-electron chi connectivity index (χ1n) is 9.16. The van der Waals surface area contributed by atoms with Crippen LogP contribution in [0.5, 0.6) is 11.5 Å². The average molecular weight is 395 g/mol. The topological polar surface area (TPSA) is 38.3 Å². The summed E-state index contributed by atoms with van der Waals surface area (Å²) in [5.74, 6) is -0.0139. The van der Waals surface area contributed by atoms with Gasteiger partial charge in [0, 0.05) is 6.92 Å². The van der Waals surface area contributed by atoms with Gasteiger partial charge in [-0.2, -0.15) is 13.2 Å². The number of amides is 1. The van der Waals surface area contributed by atoms with E-state index in [1.807, 2.05) is 32.9 Å². The van der Waals surface area contributed by atoms with Crippen molar-refractivity contribution in [2.24, 2.45) is 0 Å². The van der Waals surface area contributed by atoms with E-state index in [4.69, 9.17) is 4.74 Å². The quantitative estimate of drug-likeness (QED) is 0.602. The number of carbonyl (C=O) groups excluding carboxylic acids is 1. The molecule has 3 nitrogen and oxygen atoms in total. The fourth-order valence-corrected chi connectivity index (χ4v) is 2.42. The molecule has 2 aromatic carbocycles. The molecule has 6 heteroatoms. The molecule has 0 aliphatic heterocycles. The number of alkyl halides is 3. The van der Waals surface area contributed by atoms with E-state index in [-0.39, 0.29) is 16.9 Å². The highest BCUT2D eigenvalue weighted by Crippen LogP contribution is 2.38. The van der Waals surface area contributed by atoms with Gasteiger partial charge in [-0.25, -0.2) is 0 Å². The van der Waals surface area contributed by atoms with Gasteiger partial charge in [-0.3, -0.25) is 4.79 Å². The average Bonchev–Trinajstić information content (AvgIpc) is 2.57. The van der Waals surface area contributed by atoms with Gasteiger partial charge in [-0.1, -0.05) is 46.8 Å². The van der Waals surface area contributed by atoms with Crippen molar-refractivity contribution in [1.82, 2.24) is 0 Å². The molecule has 0 aromatic heterocycles. The molecule has 2 rings (SSSR count). The first-order valence-corrected chi connectivity index (χ1v) is 9.16. The molecule has 0 atom stereocenters. The largest absolute Gasteiger partial charge is 0.455 e. The van der Waals surface area contributed by atoms with Crippen LogP contribution in [0.1, 0.15) is 58.2 Å². The maximum Gasteiger partial charge on any atom is 0.416 e. The standard InChI is InChI=1S/C20H22F3NO2.C2H6/c1-12-10-14(19(3,4)5)7-9-17(12)26-18-11-15(20(21,22)23)6-8-16(18)24-13(2)25;1-2/h6-11H,1-5H3,(H,24,25);1-2H3. The number of hydrogen-bond acceptors (Lipinski definition) is 2. The van der Waals surface area contributed by atoms with Crippen LogP contribution in [0.2, 0.25) is 0 Å². The Kier molecular flexibility index (Phi) is 7.67. The molecule has 1 N–H and O–H groups in total. The molecule has 0 fully saturated rings. The van der Waals surface area contributed by atoms with E-state index in [1.54, 1.807) is 6.07 Å². The number of hydrogen-bond donors (Lipinski definition) is 1. The molecule has 0 radical (unpaired) electrons. The number of nitrogens with one attached hydrogen (secondary N) is 1. The summed E-state index contributed by atoms with van der Waals surface area (Å²) in [5, 5.41) is 2.50.